The summed E-state index contributed by atoms with van der Waals surface area (Å²) in [6.07, 6.45) is -1.77. The Bertz CT molecular complexity index is 922. The number of hydrogen-bond acceptors (Lipinski definition) is 8. The molecule has 0 saturated carbocycles. The van der Waals surface area contributed by atoms with Crippen molar-refractivity contribution in [3.8, 4) is 0 Å². The number of non-ortho nitro benzene ring substituents is 1. The number of likely N-dealkylation sites (tertiary alicyclic amines) is 1. The maximum absolute atomic E-state index is 12.6. The molecule has 12 heteroatoms. The number of rotatable bonds is 5. The van der Waals surface area contributed by atoms with Crippen LogP contribution in [0.2, 0.25) is 0 Å². The van der Waals surface area contributed by atoms with Crippen LogP contribution < -0.4 is 0 Å². The molecule has 2 atom stereocenters. The molecule has 2 unspecified atom stereocenters. The standard InChI is InChI=1S/C18H25N3O8S/c1-18(2,3)28-17(23)20-11-13(10-15(20)16(22)19(4)5)29-30(26,27)14-8-6-12(7-9-14)21(24)25/h6-9,13,15H,10-11H2,1-5H3. The SMILES string of the molecule is CN(C)C(=O)C1CC(OS(=O)(=O)c2ccc([N+](=O)[O-])cc2)CN1C(=O)OC(C)(C)C. The predicted molar refractivity (Wildman–Crippen MR) is 105 cm³/mol. The summed E-state index contributed by atoms with van der Waals surface area (Å²) >= 11 is 0. The zero-order valence-electron chi connectivity index (χ0n) is 17.4. The Morgan fingerprint density at radius 1 is 1.20 bits per heavy atom. The molecule has 1 fully saturated rings. The van der Waals surface area contributed by atoms with Gasteiger partial charge in [-0.1, -0.05) is 0 Å². The van der Waals surface area contributed by atoms with E-state index in [4.69, 9.17) is 8.92 Å². The number of carbonyl (C=O) groups is 2. The number of nitrogens with zero attached hydrogens (tertiary/aromatic N) is 3. The molecule has 11 nitrogen and oxygen atoms in total. The Kier molecular flexibility index (Phi) is 6.72. The minimum atomic E-state index is -4.27. The molecule has 166 valence electrons. The maximum Gasteiger partial charge on any atom is 0.411 e. The molecule has 0 aliphatic carbocycles. The lowest BCUT2D eigenvalue weighted by atomic mass is 10.2. The van der Waals surface area contributed by atoms with Gasteiger partial charge in [-0.05, 0) is 32.9 Å². The molecule has 30 heavy (non-hydrogen) atoms. The lowest BCUT2D eigenvalue weighted by molar-refractivity contribution is -0.384. The van der Waals surface area contributed by atoms with Gasteiger partial charge in [0.15, 0.2) is 0 Å². The maximum atomic E-state index is 12.6. The predicted octanol–water partition coefficient (Wildman–Crippen LogP) is 1.77. The Balaban J connectivity index is 2.22. The van der Waals surface area contributed by atoms with Crippen molar-refractivity contribution in [1.82, 2.24) is 9.80 Å². The second kappa shape index (κ2) is 8.56. The van der Waals surface area contributed by atoms with Crippen LogP contribution in [0.25, 0.3) is 0 Å². The van der Waals surface area contributed by atoms with E-state index in [2.05, 4.69) is 0 Å². The van der Waals surface area contributed by atoms with Crippen molar-refractivity contribution < 1.29 is 31.9 Å². The van der Waals surface area contributed by atoms with E-state index in [9.17, 15) is 28.1 Å². The lowest BCUT2D eigenvalue weighted by Gasteiger charge is -2.29. The molecule has 0 bridgehead atoms. The number of carbonyl (C=O) groups excluding carboxylic acids is 2. The van der Waals surface area contributed by atoms with E-state index in [0.717, 1.165) is 29.2 Å². The normalized spacial score (nSPS) is 19.4. The van der Waals surface area contributed by atoms with Crippen LogP contribution >= 0.6 is 0 Å². The molecule has 0 aromatic heterocycles. The average Bonchev–Trinajstić information content (AvgIpc) is 3.02. The largest absolute Gasteiger partial charge is 0.444 e. The van der Waals surface area contributed by atoms with E-state index in [1.165, 1.54) is 19.0 Å². The number of nitro groups is 1. The number of benzene rings is 1. The first kappa shape index (κ1) is 23.5. The molecular weight excluding hydrogens is 418 g/mol. The smallest absolute Gasteiger partial charge is 0.411 e. The van der Waals surface area contributed by atoms with Gasteiger partial charge in [-0.15, -0.1) is 0 Å². The van der Waals surface area contributed by atoms with E-state index in [-0.39, 0.29) is 29.5 Å². The fourth-order valence-corrected chi connectivity index (χ4v) is 3.97. The molecule has 0 N–H and O–H groups in total. The van der Waals surface area contributed by atoms with Crippen LogP contribution in [-0.2, 0) is 23.8 Å². The van der Waals surface area contributed by atoms with Gasteiger partial charge >= 0.3 is 6.09 Å². The number of amides is 2. The molecule has 1 aliphatic rings. The summed E-state index contributed by atoms with van der Waals surface area (Å²) in [6, 6.07) is 3.30. The summed E-state index contributed by atoms with van der Waals surface area (Å²) in [5.41, 5.74) is -1.06. The van der Waals surface area contributed by atoms with Gasteiger partial charge in [-0.3, -0.25) is 24.0 Å². The number of ether oxygens (including phenoxy) is 1. The van der Waals surface area contributed by atoms with Crippen molar-refractivity contribution in [2.24, 2.45) is 0 Å². The van der Waals surface area contributed by atoms with Crippen LogP contribution in [0.3, 0.4) is 0 Å². The first-order valence-corrected chi connectivity index (χ1v) is 10.5. The highest BCUT2D eigenvalue weighted by Crippen LogP contribution is 2.27. The second-order valence-corrected chi connectivity index (χ2v) is 9.61. The second-order valence-electron chi connectivity index (χ2n) is 8.04. The van der Waals surface area contributed by atoms with Gasteiger partial charge < -0.3 is 9.64 Å². The molecule has 0 radical (unpaired) electrons. The van der Waals surface area contributed by atoms with Crippen LogP contribution in [0.1, 0.15) is 27.2 Å². The monoisotopic (exact) mass is 443 g/mol. The van der Waals surface area contributed by atoms with Gasteiger partial charge in [0.05, 0.1) is 22.5 Å². The Hall–Kier alpha value is -2.73. The topological polar surface area (TPSA) is 136 Å². The van der Waals surface area contributed by atoms with Gasteiger partial charge in [0.25, 0.3) is 15.8 Å². The van der Waals surface area contributed by atoms with Crippen molar-refractivity contribution in [2.75, 3.05) is 20.6 Å². The molecule has 2 rings (SSSR count). The number of likely N-dealkylation sites (N-methyl/N-ethyl adjacent to an activating group) is 1. The van der Waals surface area contributed by atoms with Crippen molar-refractivity contribution in [3.63, 3.8) is 0 Å². The number of nitro benzene ring substituents is 1. The van der Waals surface area contributed by atoms with Crippen molar-refractivity contribution in [1.29, 1.82) is 0 Å². The van der Waals surface area contributed by atoms with Gasteiger partial charge in [-0.2, -0.15) is 8.42 Å². The molecule has 1 aromatic rings. The molecule has 2 amide bonds. The first-order valence-electron chi connectivity index (χ1n) is 9.10. The summed E-state index contributed by atoms with van der Waals surface area (Å²) in [5.74, 6) is -0.389. The first-order chi connectivity index (χ1) is 13.7. The van der Waals surface area contributed by atoms with Crippen molar-refractivity contribution in [3.05, 3.63) is 34.4 Å². The van der Waals surface area contributed by atoms with Crippen molar-refractivity contribution >= 4 is 27.8 Å². The highest BCUT2D eigenvalue weighted by molar-refractivity contribution is 7.86. The minimum Gasteiger partial charge on any atom is -0.444 e. The Morgan fingerprint density at radius 2 is 1.77 bits per heavy atom. The summed E-state index contributed by atoms with van der Waals surface area (Å²) in [5, 5.41) is 10.7. The van der Waals surface area contributed by atoms with Crippen LogP contribution in [0.4, 0.5) is 10.5 Å². The molecular formula is C18H25N3O8S. The molecule has 1 heterocycles. The Labute approximate surface area is 174 Å². The molecule has 1 aliphatic heterocycles. The minimum absolute atomic E-state index is 0.0392. The van der Waals surface area contributed by atoms with Crippen LogP contribution in [0, 0.1) is 10.1 Å². The van der Waals surface area contributed by atoms with Crippen LogP contribution in [-0.4, -0.2) is 73.5 Å². The number of hydrogen-bond donors (Lipinski definition) is 0. The zero-order chi connectivity index (χ0) is 22.9. The summed E-state index contributed by atoms with van der Waals surface area (Å²) in [6.45, 7) is 4.87. The lowest BCUT2D eigenvalue weighted by Crippen LogP contribution is -2.47. The highest BCUT2D eigenvalue weighted by atomic mass is 32.2. The van der Waals surface area contributed by atoms with E-state index in [1.807, 2.05) is 0 Å². The van der Waals surface area contributed by atoms with E-state index >= 15 is 0 Å². The van der Waals surface area contributed by atoms with Gasteiger partial charge in [0.1, 0.15) is 11.6 Å². The molecule has 1 saturated heterocycles. The third-order valence-corrected chi connectivity index (χ3v) is 5.59. The van der Waals surface area contributed by atoms with Gasteiger partial charge in [0.2, 0.25) is 5.91 Å². The van der Waals surface area contributed by atoms with Crippen molar-refractivity contribution in [2.45, 2.75) is 49.8 Å². The highest BCUT2D eigenvalue weighted by Gasteiger charge is 2.44. The zero-order valence-corrected chi connectivity index (χ0v) is 18.2. The molecule has 1 aromatic carbocycles. The van der Waals surface area contributed by atoms with Crippen LogP contribution in [0.5, 0.6) is 0 Å². The summed E-state index contributed by atoms with van der Waals surface area (Å²) < 4.78 is 35.7. The van der Waals surface area contributed by atoms with Gasteiger partial charge in [-0.25, -0.2) is 4.79 Å². The molecule has 0 spiro atoms. The average molecular weight is 443 g/mol. The third kappa shape index (κ3) is 5.66. The Morgan fingerprint density at radius 3 is 2.23 bits per heavy atom. The van der Waals surface area contributed by atoms with E-state index in [0.29, 0.717) is 0 Å². The quantitative estimate of drug-likeness (QED) is 0.381. The summed E-state index contributed by atoms with van der Waals surface area (Å²) in [4.78, 5) is 37.3. The van der Waals surface area contributed by atoms with E-state index in [1.54, 1.807) is 20.8 Å². The van der Waals surface area contributed by atoms with E-state index < -0.39 is 38.9 Å². The fourth-order valence-electron chi connectivity index (χ4n) is 2.89. The fraction of sp³-hybridized carbons (Fsp3) is 0.556. The van der Waals surface area contributed by atoms with Crippen LogP contribution in [0.15, 0.2) is 29.2 Å². The summed E-state index contributed by atoms with van der Waals surface area (Å²) in [7, 11) is -1.22. The third-order valence-electron chi connectivity index (χ3n) is 4.22. The van der Waals surface area contributed by atoms with Gasteiger partial charge in [0, 0.05) is 32.6 Å².